The third-order valence-electron chi connectivity index (χ3n) is 3.55. The number of aldehydes is 1. The Labute approximate surface area is 139 Å². The van der Waals surface area contributed by atoms with E-state index in [4.69, 9.17) is 4.74 Å². The molecule has 2 N–H and O–H groups in total. The molecule has 0 aromatic rings. The summed E-state index contributed by atoms with van der Waals surface area (Å²) in [7, 11) is 0. The molecule has 23 heavy (non-hydrogen) atoms. The van der Waals surface area contributed by atoms with E-state index in [0.29, 0.717) is 6.42 Å². The van der Waals surface area contributed by atoms with Gasteiger partial charge in [0.2, 0.25) is 5.91 Å². The molecule has 0 heterocycles. The maximum absolute atomic E-state index is 12.1. The fourth-order valence-corrected chi connectivity index (χ4v) is 2.09. The fourth-order valence-electron chi connectivity index (χ4n) is 2.09. The van der Waals surface area contributed by atoms with Gasteiger partial charge in [-0.3, -0.25) is 4.79 Å². The van der Waals surface area contributed by atoms with Crippen LogP contribution < -0.4 is 10.6 Å². The first-order chi connectivity index (χ1) is 10.6. The Morgan fingerprint density at radius 3 is 2.22 bits per heavy atom. The molecule has 3 atom stereocenters. The van der Waals surface area contributed by atoms with Gasteiger partial charge in [-0.15, -0.1) is 0 Å². The summed E-state index contributed by atoms with van der Waals surface area (Å²) in [6, 6.07) is -0.796. The van der Waals surface area contributed by atoms with Gasteiger partial charge < -0.3 is 20.2 Å². The third kappa shape index (κ3) is 9.92. The Bertz CT molecular complexity index is 391. The van der Waals surface area contributed by atoms with Crippen molar-refractivity contribution in [3.05, 3.63) is 0 Å². The highest BCUT2D eigenvalue weighted by molar-refractivity contribution is 5.80. The molecule has 0 aliphatic heterocycles. The lowest BCUT2D eigenvalue weighted by Gasteiger charge is -2.27. The van der Waals surface area contributed by atoms with E-state index in [1.807, 2.05) is 20.8 Å². The van der Waals surface area contributed by atoms with Crippen molar-refractivity contribution in [2.45, 2.75) is 84.9 Å². The molecular formula is C17H32N2O4. The van der Waals surface area contributed by atoms with Gasteiger partial charge in [0.15, 0.2) is 0 Å². The molecule has 0 aromatic heterocycles. The van der Waals surface area contributed by atoms with Gasteiger partial charge in [-0.25, -0.2) is 4.79 Å². The maximum atomic E-state index is 12.1. The van der Waals surface area contributed by atoms with Gasteiger partial charge >= 0.3 is 6.09 Å². The molecule has 0 fully saturated rings. The van der Waals surface area contributed by atoms with Crippen molar-refractivity contribution < 1.29 is 19.1 Å². The summed E-state index contributed by atoms with van der Waals surface area (Å²) in [6.07, 6.45) is 2.59. The second kappa shape index (κ2) is 10.2. The topological polar surface area (TPSA) is 84.5 Å². The molecular weight excluding hydrogens is 296 g/mol. The number of hydrogen-bond acceptors (Lipinski definition) is 4. The molecule has 0 aliphatic rings. The summed E-state index contributed by atoms with van der Waals surface area (Å²) in [6.45, 7) is 11.3. The second-order valence-corrected chi connectivity index (χ2v) is 6.94. The molecule has 0 saturated carbocycles. The van der Waals surface area contributed by atoms with E-state index in [-0.39, 0.29) is 24.3 Å². The summed E-state index contributed by atoms with van der Waals surface area (Å²) in [5.74, 6) is -0.119. The predicted molar refractivity (Wildman–Crippen MR) is 90.1 cm³/mol. The molecule has 0 aliphatic carbocycles. The first kappa shape index (κ1) is 21.4. The van der Waals surface area contributed by atoms with E-state index < -0.39 is 17.7 Å². The van der Waals surface area contributed by atoms with Crippen molar-refractivity contribution in [2.75, 3.05) is 0 Å². The van der Waals surface area contributed by atoms with E-state index in [0.717, 1.165) is 19.1 Å². The Hall–Kier alpha value is -1.59. The van der Waals surface area contributed by atoms with Gasteiger partial charge in [0.25, 0.3) is 0 Å². The smallest absolute Gasteiger partial charge is 0.407 e. The molecule has 2 amide bonds. The lowest BCUT2D eigenvalue weighted by Crippen LogP contribution is -2.46. The number of amides is 2. The highest BCUT2D eigenvalue weighted by Gasteiger charge is 2.25. The summed E-state index contributed by atoms with van der Waals surface area (Å²) in [5.41, 5.74) is -0.587. The van der Waals surface area contributed by atoms with Crippen LogP contribution in [0.1, 0.15) is 67.2 Å². The monoisotopic (exact) mass is 328 g/mol. The van der Waals surface area contributed by atoms with Crippen LogP contribution >= 0.6 is 0 Å². The van der Waals surface area contributed by atoms with Crippen molar-refractivity contribution in [3.8, 4) is 0 Å². The Kier molecular flexibility index (Phi) is 9.53. The average molecular weight is 328 g/mol. The van der Waals surface area contributed by atoms with Crippen LogP contribution in [0.25, 0.3) is 0 Å². The number of carbonyl (C=O) groups excluding carboxylic acids is 3. The Balaban J connectivity index is 4.70. The lowest BCUT2D eigenvalue weighted by atomic mass is 9.96. The van der Waals surface area contributed by atoms with Crippen LogP contribution in [0.4, 0.5) is 4.79 Å². The van der Waals surface area contributed by atoms with Crippen LogP contribution in [0, 0.1) is 5.92 Å². The minimum Gasteiger partial charge on any atom is -0.444 e. The minimum atomic E-state index is -0.587. The number of ether oxygens (including phenoxy) is 1. The van der Waals surface area contributed by atoms with Crippen molar-refractivity contribution in [1.82, 2.24) is 10.6 Å². The van der Waals surface area contributed by atoms with Crippen LogP contribution in [0.15, 0.2) is 0 Å². The standard InChI is InChI=1S/C17H32N2O4/c1-7-9-13(11-20)18-15(21)10-14(12(3)8-2)19-16(22)23-17(4,5)6/h11-14H,7-10H2,1-6H3,(H,18,21)(H,19,22)/t12?,13?,14-/m1/s1. The molecule has 6 nitrogen and oxygen atoms in total. The number of alkyl carbamates (subject to hydrolysis) is 1. The normalized spacial score (nSPS) is 15.2. The zero-order chi connectivity index (χ0) is 18.0. The lowest BCUT2D eigenvalue weighted by molar-refractivity contribution is -0.124. The second-order valence-electron chi connectivity index (χ2n) is 6.94. The molecule has 0 radical (unpaired) electrons. The largest absolute Gasteiger partial charge is 0.444 e. The number of nitrogens with one attached hydrogen (secondary N) is 2. The zero-order valence-electron chi connectivity index (χ0n) is 15.3. The van der Waals surface area contributed by atoms with Crippen molar-refractivity contribution >= 4 is 18.3 Å². The van der Waals surface area contributed by atoms with Gasteiger partial charge in [0, 0.05) is 12.5 Å². The van der Waals surface area contributed by atoms with E-state index in [1.165, 1.54) is 0 Å². The van der Waals surface area contributed by atoms with E-state index >= 15 is 0 Å². The molecule has 0 rings (SSSR count). The maximum Gasteiger partial charge on any atom is 0.407 e. The first-order valence-corrected chi connectivity index (χ1v) is 8.37. The van der Waals surface area contributed by atoms with Crippen LogP contribution in [-0.2, 0) is 14.3 Å². The van der Waals surface area contributed by atoms with Gasteiger partial charge in [-0.05, 0) is 33.1 Å². The van der Waals surface area contributed by atoms with Crippen molar-refractivity contribution in [2.24, 2.45) is 5.92 Å². The van der Waals surface area contributed by atoms with Gasteiger partial charge in [0.05, 0.1) is 6.04 Å². The third-order valence-corrected chi connectivity index (χ3v) is 3.55. The molecule has 134 valence electrons. The molecule has 0 aromatic carbocycles. The average Bonchev–Trinajstić information content (AvgIpc) is 2.43. The molecule has 2 unspecified atom stereocenters. The highest BCUT2D eigenvalue weighted by atomic mass is 16.6. The van der Waals surface area contributed by atoms with E-state index in [2.05, 4.69) is 10.6 Å². The van der Waals surface area contributed by atoms with Crippen LogP contribution in [-0.4, -0.2) is 36.0 Å². The van der Waals surface area contributed by atoms with Gasteiger partial charge in [-0.1, -0.05) is 33.6 Å². The van der Waals surface area contributed by atoms with Crippen molar-refractivity contribution in [3.63, 3.8) is 0 Å². The van der Waals surface area contributed by atoms with Crippen LogP contribution in [0.3, 0.4) is 0 Å². The molecule has 0 saturated heterocycles. The van der Waals surface area contributed by atoms with E-state index in [1.54, 1.807) is 20.8 Å². The Morgan fingerprint density at radius 1 is 1.17 bits per heavy atom. The quantitative estimate of drug-likeness (QED) is 0.637. The predicted octanol–water partition coefficient (Wildman–Crippen LogP) is 2.80. The van der Waals surface area contributed by atoms with Crippen molar-refractivity contribution in [1.29, 1.82) is 0 Å². The summed E-state index contributed by atoms with van der Waals surface area (Å²) >= 11 is 0. The highest BCUT2D eigenvalue weighted by Crippen LogP contribution is 2.13. The zero-order valence-corrected chi connectivity index (χ0v) is 15.3. The molecule has 6 heteroatoms. The van der Waals surface area contributed by atoms with Gasteiger partial charge in [-0.2, -0.15) is 0 Å². The number of rotatable bonds is 9. The Morgan fingerprint density at radius 2 is 1.78 bits per heavy atom. The first-order valence-electron chi connectivity index (χ1n) is 8.37. The molecule has 0 bridgehead atoms. The minimum absolute atomic E-state index is 0.120. The fraction of sp³-hybridized carbons (Fsp3) is 0.824. The summed E-state index contributed by atoms with van der Waals surface area (Å²) in [5, 5.41) is 5.47. The molecule has 0 spiro atoms. The number of carbonyl (C=O) groups is 3. The van der Waals surface area contributed by atoms with Gasteiger partial charge in [0.1, 0.15) is 11.9 Å². The summed E-state index contributed by atoms with van der Waals surface area (Å²) in [4.78, 5) is 35.0. The summed E-state index contributed by atoms with van der Waals surface area (Å²) < 4.78 is 5.25. The SMILES string of the molecule is CCCC(C=O)NC(=O)C[C@@H](NC(=O)OC(C)(C)C)C(C)CC. The van der Waals surface area contributed by atoms with Crippen LogP contribution in [0.2, 0.25) is 0 Å². The van der Waals surface area contributed by atoms with Crippen LogP contribution in [0.5, 0.6) is 0 Å². The van der Waals surface area contributed by atoms with E-state index in [9.17, 15) is 14.4 Å². The number of hydrogen-bond donors (Lipinski definition) is 2.